The van der Waals surface area contributed by atoms with Gasteiger partial charge in [0.2, 0.25) is 0 Å². The second kappa shape index (κ2) is 6.17. The molecule has 2 heteroatoms. The van der Waals surface area contributed by atoms with Crippen LogP contribution in [0.1, 0.15) is 5.56 Å². The lowest BCUT2D eigenvalue weighted by molar-refractivity contribution is 0.124. The van der Waals surface area contributed by atoms with Gasteiger partial charge in [0.15, 0.2) is 0 Å². The Balaban J connectivity index is 2.97. The summed E-state index contributed by atoms with van der Waals surface area (Å²) >= 11 is 0. The van der Waals surface area contributed by atoms with E-state index in [1.165, 1.54) is 0 Å². The van der Waals surface area contributed by atoms with E-state index < -0.39 is 0 Å². The molecule has 0 radical (unpaired) electrons. The first-order chi connectivity index (χ1) is 6.43. The largest absolute Gasteiger partial charge is 0.300 e. The van der Waals surface area contributed by atoms with Crippen molar-refractivity contribution in [2.45, 2.75) is 6.61 Å². The van der Waals surface area contributed by atoms with Gasteiger partial charge in [-0.2, -0.15) is 0 Å². The molecule has 1 aromatic carbocycles. The molecule has 0 saturated heterocycles. The molecule has 0 aliphatic carbocycles. The molecule has 1 aromatic rings. The highest BCUT2D eigenvalue weighted by Gasteiger charge is 1.83. The van der Waals surface area contributed by atoms with Crippen LogP contribution in [0.5, 0.6) is 0 Å². The Bertz CT molecular complexity index is 273. The Morgan fingerprint density at radius 3 is 1.77 bits per heavy atom. The molecule has 0 saturated carbocycles. The highest BCUT2D eigenvalue weighted by molar-refractivity contribution is 5.10. The third kappa shape index (κ3) is 4.25. The minimum atomic E-state index is 0.429. The Labute approximate surface area is 78.2 Å². The number of nitrogens with two attached hydrogens (primary N) is 1. The van der Waals surface area contributed by atoms with Crippen molar-refractivity contribution in [3.63, 3.8) is 0 Å². The smallest absolute Gasteiger partial charge is 0.0930 e. The summed E-state index contributed by atoms with van der Waals surface area (Å²) in [6, 6.07) is 17.7. The summed E-state index contributed by atoms with van der Waals surface area (Å²) in [6.45, 7) is 0.429. The van der Waals surface area contributed by atoms with Gasteiger partial charge < -0.3 is 0 Å². The van der Waals surface area contributed by atoms with Crippen molar-refractivity contribution in [2.24, 2.45) is 5.90 Å². The number of rotatable bonds is 2. The quantitative estimate of drug-likeness (QED) is 0.699. The molecule has 0 heterocycles. The summed E-state index contributed by atoms with van der Waals surface area (Å²) in [4.78, 5) is 4.55. The van der Waals surface area contributed by atoms with Crippen LogP contribution in [0.3, 0.4) is 0 Å². The molecular weight excluding hydrogens is 162 g/mol. The predicted octanol–water partition coefficient (Wildman–Crippen LogP) is 2.20. The second-order valence-corrected chi connectivity index (χ2v) is 2.57. The van der Waals surface area contributed by atoms with Crippen molar-refractivity contribution in [1.29, 1.82) is 0 Å². The van der Waals surface area contributed by atoms with Crippen LogP contribution in [-0.2, 0) is 11.4 Å². The average Bonchev–Trinajstić information content (AvgIpc) is 2.16. The average molecular weight is 175 g/mol. The van der Waals surface area contributed by atoms with Crippen molar-refractivity contribution >= 4 is 0 Å². The molecule has 0 aliphatic rings. The molecule has 0 unspecified atom stereocenters. The van der Waals surface area contributed by atoms with Gasteiger partial charge in [-0.1, -0.05) is 54.6 Å². The minimum absolute atomic E-state index is 0.429. The van der Waals surface area contributed by atoms with Crippen molar-refractivity contribution in [3.8, 4) is 0 Å². The molecule has 2 N–H and O–H groups in total. The van der Waals surface area contributed by atoms with E-state index in [4.69, 9.17) is 5.90 Å². The lowest BCUT2D eigenvalue weighted by Crippen LogP contribution is -1.97. The van der Waals surface area contributed by atoms with Crippen LogP contribution in [0.2, 0.25) is 0 Å². The molecule has 68 valence electrons. The summed E-state index contributed by atoms with van der Waals surface area (Å²) in [5, 5.41) is 0. The Kier molecular flexibility index (Phi) is 4.61. The van der Waals surface area contributed by atoms with Crippen LogP contribution in [0.15, 0.2) is 54.6 Å². The van der Waals surface area contributed by atoms with Crippen LogP contribution in [0, 0.1) is 0 Å². The first kappa shape index (κ1) is 9.71. The predicted molar refractivity (Wildman–Crippen MR) is 53.0 cm³/mol. The van der Waals surface area contributed by atoms with Gasteiger partial charge in [-0.3, -0.25) is 4.84 Å². The van der Waals surface area contributed by atoms with E-state index in [0.29, 0.717) is 6.61 Å². The standard InChI is InChI=1S/C11H13NO/c12-13-10-11-8-6-4-2-1-3-5-7-9-11/h1-9H,10,12H2. The Morgan fingerprint density at radius 1 is 0.846 bits per heavy atom. The molecule has 0 spiro atoms. The van der Waals surface area contributed by atoms with Gasteiger partial charge in [-0.25, -0.2) is 5.90 Å². The number of hydrogen-bond donors (Lipinski definition) is 1. The zero-order chi connectivity index (χ0) is 9.36. The monoisotopic (exact) mass is 175 g/mol. The molecule has 0 aromatic heterocycles. The molecule has 0 atom stereocenters. The van der Waals surface area contributed by atoms with Gasteiger partial charge in [0.05, 0.1) is 6.61 Å². The first-order valence-corrected chi connectivity index (χ1v) is 4.12. The second-order valence-electron chi connectivity index (χ2n) is 2.57. The maximum atomic E-state index is 4.99. The molecule has 1 rings (SSSR count). The van der Waals surface area contributed by atoms with Crippen molar-refractivity contribution < 1.29 is 4.84 Å². The van der Waals surface area contributed by atoms with Crippen molar-refractivity contribution in [2.75, 3.05) is 0 Å². The van der Waals surface area contributed by atoms with E-state index in [2.05, 4.69) is 4.84 Å². The molecule has 0 fully saturated rings. The summed E-state index contributed by atoms with van der Waals surface area (Å²) in [6.07, 6.45) is 0. The normalized spacial score (nSPS) is 9.00. The van der Waals surface area contributed by atoms with E-state index in [1.54, 1.807) is 0 Å². The summed E-state index contributed by atoms with van der Waals surface area (Å²) in [5.41, 5.74) is 1.04. The van der Waals surface area contributed by atoms with Gasteiger partial charge >= 0.3 is 0 Å². The van der Waals surface area contributed by atoms with Crippen molar-refractivity contribution in [3.05, 3.63) is 60.2 Å². The van der Waals surface area contributed by atoms with E-state index in [-0.39, 0.29) is 0 Å². The lowest BCUT2D eigenvalue weighted by atomic mass is 10.3. The Morgan fingerprint density at radius 2 is 1.31 bits per heavy atom. The van der Waals surface area contributed by atoms with E-state index in [0.717, 1.165) is 5.56 Å². The fourth-order valence-corrected chi connectivity index (χ4v) is 0.927. The maximum absolute atomic E-state index is 4.99. The molecule has 0 aliphatic heterocycles. The highest BCUT2D eigenvalue weighted by atomic mass is 16.6. The SMILES string of the molecule is NOCc1ccccccccc1. The van der Waals surface area contributed by atoms with E-state index >= 15 is 0 Å². The Hall–Kier alpha value is -1.38. The van der Waals surface area contributed by atoms with E-state index in [9.17, 15) is 0 Å². The third-order valence-corrected chi connectivity index (χ3v) is 1.54. The number of hydrogen-bond acceptors (Lipinski definition) is 2. The topological polar surface area (TPSA) is 35.2 Å². The third-order valence-electron chi connectivity index (χ3n) is 1.54. The van der Waals surface area contributed by atoms with Crippen LogP contribution >= 0.6 is 0 Å². The van der Waals surface area contributed by atoms with Crippen LogP contribution < -0.4 is 5.90 Å². The molecule has 13 heavy (non-hydrogen) atoms. The van der Waals surface area contributed by atoms with Crippen LogP contribution in [0.4, 0.5) is 0 Å². The van der Waals surface area contributed by atoms with Gasteiger partial charge in [0, 0.05) is 0 Å². The fraction of sp³-hybridized carbons (Fsp3) is 0.0909. The van der Waals surface area contributed by atoms with Gasteiger partial charge in [0.25, 0.3) is 0 Å². The van der Waals surface area contributed by atoms with Gasteiger partial charge in [-0.05, 0) is 5.56 Å². The summed E-state index contributed by atoms with van der Waals surface area (Å²) in [5.74, 6) is 4.99. The summed E-state index contributed by atoms with van der Waals surface area (Å²) < 4.78 is 0. The van der Waals surface area contributed by atoms with Crippen molar-refractivity contribution in [1.82, 2.24) is 0 Å². The summed E-state index contributed by atoms with van der Waals surface area (Å²) in [7, 11) is 0. The minimum Gasteiger partial charge on any atom is -0.300 e. The van der Waals surface area contributed by atoms with Crippen LogP contribution in [0.25, 0.3) is 0 Å². The van der Waals surface area contributed by atoms with E-state index in [1.807, 2.05) is 54.6 Å². The molecule has 0 bridgehead atoms. The maximum Gasteiger partial charge on any atom is 0.0930 e. The van der Waals surface area contributed by atoms with Gasteiger partial charge in [-0.15, -0.1) is 0 Å². The molecule has 2 nitrogen and oxygen atoms in total. The zero-order valence-corrected chi connectivity index (χ0v) is 7.39. The van der Waals surface area contributed by atoms with Crippen LogP contribution in [-0.4, -0.2) is 0 Å². The highest BCUT2D eigenvalue weighted by Crippen LogP contribution is 1.95. The van der Waals surface area contributed by atoms with Gasteiger partial charge in [0.1, 0.15) is 0 Å². The zero-order valence-electron chi connectivity index (χ0n) is 7.39. The first-order valence-electron chi connectivity index (χ1n) is 4.12. The molecule has 0 amide bonds. The fourth-order valence-electron chi connectivity index (χ4n) is 0.927. The molecular formula is C11H13NO. The lowest BCUT2D eigenvalue weighted by Gasteiger charge is -1.93.